The summed E-state index contributed by atoms with van der Waals surface area (Å²) >= 11 is 7.62. The fourth-order valence-corrected chi connectivity index (χ4v) is 3.88. The summed E-state index contributed by atoms with van der Waals surface area (Å²) in [4.78, 5) is 24.7. The summed E-state index contributed by atoms with van der Waals surface area (Å²) < 4.78 is 11.0. The van der Waals surface area contributed by atoms with Crippen molar-refractivity contribution >= 4 is 50.6 Å². The summed E-state index contributed by atoms with van der Waals surface area (Å²) in [6.45, 7) is 2.03. The number of thiophene rings is 1. The van der Waals surface area contributed by atoms with Crippen LogP contribution in [0.2, 0.25) is 5.02 Å². The number of hydrogen-bond donors (Lipinski definition) is 2. The largest absolute Gasteiger partial charge is 0.497 e. The number of methoxy groups -OCH3 is 1. The van der Waals surface area contributed by atoms with Crippen molar-refractivity contribution in [2.45, 2.75) is 6.92 Å². The van der Waals surface area contributed by atoms with Crippen LogP contribution >= 0.6 is 22.9 Å². The van der Waals surface area contributed by atoms with E-state index >= 15 is 0 Å². The second kappa shape index (κ2) is 8.28. The van der Waals surface area contributed by atoms with Gasteiger partial charge in [0.05, 0.1) is 30.0 Å². The third kappa shape index (κ3) is 4.15. The van der Waals surface area contributed by atoms with Crippen molar-refractivity contribution in [2.24, 2.45) is 0 Å². The second-order valence-corrected chi connectivity index (χ2v) is 6.92. The van der Waals surface area contributed by atoms with Crippen molar-refractivity contribution in [3.8, 4) is 5.75 Å². The van der Waals surface area contributed by atoms with Gasteiger partial charge in [0.1, 0.15) is 10.6 Å². The first-order valence-electron chi connectivity index (χ1n) is 8.13. The number of halogens is 1. The van der Waals surface area contributed by atoms with Crippen molar-refractivity contribution in [3.63, 3.8) is 0 Å². The molecule has 8 heteroatoms. The molecule has 0 aliphatic rings. The lowest BCUT2D eigenvalue weighted by molar-refractivity contribution is 0.0526. The van der Waals surface area contributed by atoms with E-state index in [1.807, 2.05) is 12.1 Å². The minimum atomic E-state index is -0.422. The molecule has 0 fully saturated rings. The first kappa shape index (κ1) is 19.0. The normalized spacial score (nSPS) is 10.5. The summed E-state index contributed by atoms with van der Waals surface area (Å²) in [5.41, 5.74) is 6.33. The number of amides is 1. The molecule has 0 unspecified atom stereocenters. The molecular weight excluding hydrogens is 388 g/mol. The molecule has 2 N–H and O–H groups in total. The Hall–Kier alpha value is -2.77. The molecule has 0 radical (unpaired) electrons. The molecule has 3 aromatic rings. The number of rotatable bonds is 6. The van der Waals surface area contributed by atoms with E-state index in [1.165, 1.54) is 11.3 Å². The fourth-order valence-electron chi connectivity index (χ4n) is 2.44. The molecule has 1 aromatic heterocycles. The fraction of sp³-hybridized carbons (Fsp3) is 0.158. The van der Waals surface area contributed by atoms with Crippen LogP contribution in [0.5, 0.6) is 5.75 Å². The third-order valence-corrected chi connectivity index (χ3v) is 5.39. The van der Waals surface area contributed by atoms with Gasteiger partial charge in [0.2, 0.25) is 0 Å². The zero-order valence-electron chi connectivity index (χ0n) is 14.7. The van der Waals surface area contributed by atoms with Gasteiger partial charge < -0.3 is 9.47 Å². The maximum absolute atomic E-state index is 12.5. The lowest BCUT2D eigenvalue weighted by Gasteiger charge is -2.09. The van der Waals surface area contributed by atoms with Crippen molar-refractivity contribution in [3.05, 3.63) is 57.9 Å². The average Bonchev–Trinajstić information content (AvgIpc) is 3.02. The highest BCUT2D eigenvalue weighted by Gasteiger charge is 2.17. The van der Waals surface area contributed by atoms with Gasteiger partial charge in [0.25, 0.3) is 5.91 Å². The maximum Gasteiger partial charge on any atom is 0.338 e. The number of anilines is 1. The van der Waals surface area contributed by atoms with Crippen LogP contribution in [0.15, 0.2) is 42.5 Å². The number of hydrogen-bond acceptors (Lipinski definition) is 6. The lowest BCUT2D eigenvalue weighted by atomic mass is 10.2. The quantitative estimate of drug-likeness (QED) is 0.467. The predicted octanol–water partition coefficient (Wildman–Crippen LogP) is 4.50. The summed E-state index contributed by atoms with van der Waals surface area (Å²) in [7, 11) is 1.58. The molecule has 0 saturated heterocycles. The number of carbonyl (C=O) groups is 2. The molecule has 1 amide bonds. The molecular formula is C19H17ClN2O4S. The summed E-state index contributed by atoms with van der Waals surface area (Å²) in [6, 6.07) is 12.1. The minimum Gasteiger partial charge on any atom is -0.497 e. The number of hydrazine groups is 1. The van der Waals surface area contributed by atoms with E-state index in [1.54, 1.807) is 44.4 Å². The van der Waals surface area contributed by atoms with Crippen molar-refractivity contribution in [1.82, 2.24) is 5.43 Å². The number of nitrogens with one attached hydrogen (secondary N) is 2. The van der Waals surface area contributed by atoms with Crippen LogP contribution in [0.25, 0.3) is 10.1 Å². The first-order chi connectivity index (χ1) is 13.0. The van der Waals surface area contributed by atoms with Crippen molar-refractivity contribution in [2.75, 3.05) is 19.1 Å². The smallest absolute Gasteiger partial charge is 0.338 e. The lowest BCUT2D eigenvalue weighted by Crippen LogP contribution is -2.29. The number of esters is 1. The summed E-state index contributed by atoms with van der Waals surface area (Å²) in [5.74, 6) is -0.100. The molecule has 2 aromatic carbocycles. The van der Waals surface area contributed by atoms with Crippen LogP contribution < -0.4 is 15.6 Å². The van der Waals surface area contributed by atoms with Crippen LogP contribution in [0.3, 0.4) is 0 Å². The molecule has 6 nitrogen and oxygen atoms in total. The highest BCUT2D eigenvalue weighted by molar-refractivity contribution is 7.21. The Bertz CT molecular complexity index is 1000. The van der Waals surface area contributed by atoms with Crippen LogP contribution in [-0.4, -0.2) is 25.6 Å². The number of fused-ring (bicyclic) bond motifs is 1. The van der Waals surface area contributed by atoms with E-state index in [9.17, 15) is 9.59 Å². The Balaban J connectivity index is 1.74. The third-order valence-electron chi connectivity index (χ3n) is 3.74. The zero-order valence-corrected chi connectivity index (χ0v) is 16.2. The molecule has 140 valence electrons. The Morgan fingerprint density at radius 1 is 1.19 bits per heavy atom. The van der Waals surface area contributed by atoms with Gasteiger partial charge in [-0.3, -0.25) is 15.6 Å². The molecule has 0 saturated carbocycles. The van der Waals surface area contributed by atoms with Crippen LogP contribution in [0, 0.1) is 0 Å². The monoisotopic (exact) mass is 404 g/mol. The molecule has 1 heterocycles. The number of benzene rings is 2. The van der Waals surface area contributed by atoms with Crippen molar-refractivity contribution in [1.29, 1.82) is 0 Å². The Morgan fingerprint density at radius 3 is 2.74 bits per heavy atom. The number of ether oxygens (including phenoxy) is 2. The van der Waals surface area contributed by atoms with Gasteiger partial charge in [-0.1, -0.05) is 17.7 Å². The van der Waals surface area contributed by atoms with Crippen LogP contribution in [0.4, 0.5) is 5.69 Å². The van der Waals surface area contributed by atoms with Gasteiger partial charge in [0, 0.05) is 10.1 Å². The predicted molar refractivity (Wildman–Crippen MR) is 107 cm³/mol. The zero-order chi connectivity index (χ0) is 19.4. The van der Waals surface area contributed by atoms with E-state index in [-0.39, 0.29) is 5.91 Å². The van der Waals surface area contributed by atoms with E-state index in [0.717, 1.165) is 10.1 Å². The first-order valence-corrected chi connectivity index (χ1v) is 9.32. The molecule has 0 aliphatic heterocycles. The summed E-state index contributed by atoms with van der Waals surface area (Å²) in [6.07, 6.45) is 0. The molecule has 0 atom stereocenters. The Labute approximate surface area is 165 Å². The van der Waals surface area contributed by atoms with Gasteiger partial charge in [-0.05, 0) is 43.3 Å². The Morgan fingerprint density at radius 2 is 2.00 bits per heavy atom. The maximum atomic E-state index is 12.5. The van der Waals surface area contributed by atoms with Crippen LogP contribution in [-0.2, 0) is 4.74 Å². The Kier molecular flexibility index (Phi) is 5.83. The van der Waals surface area contributed by atoms with Gasteiger partial charge >= 0.3 is 5.97 Å². The second-order valence-electron chi connectivity index (χ2n) is 5.49. The van der Waals surface area contributed by atoms with E-state index in [0.29, 0.717) is 33.5 Å². The molecule has 0 spiro atoms. The highest BCUT2D eigenvalue weighted by atomic mass is 35.5. The topological polar surface area (TPSA) is 76.7 Å². The average molecular weight is 405 g/mol. The van der Waals surface area contributed by atoms with Gasteiger partial charge in [-0.2, -0.15) is 0 Å². The molecule has 0 bridgehead atoms. The molecule has 3 rings (SSSR count). The standard InChI is InChI=1S/C19H17ClN2O4S/c1-3-26-19(24)11-5-4-6-12(9-11)21-22-18(23)17-16(20)14-8-7-13(25-2)10-15(14)27-17/h4-10,21H,3H2,1-2H3,(H,22,23). The van der Waals surface area contributed by atoms with E-state index < -0.39 is 5.97 Å². The van der Waals surface area contributed by atoms with Crippen LogP contribution in [0.1, 0.15) is 27.0 Å². The van der Waals surface area contributed by atoms with Gasteiger partial charge in [0.15, 0.2) is 0 Å². The van der Waals surface area contributed by atoms with E-state index in [2.05, 4.69) is 10.9 Å². The van der Waals surface area contributed by atoms with Gasteiger partial charge in [-0.25, -0.2) is 4.79 Å². The summed E-state index contributed by atoms with van der Waals surface area (Å²) in [5, 5.41) is 1.18. The SMILES string of the molecule is CCOC(=O)c1cccc(NNC(=O)c2sc3cc(OC)ccc3c2Cl)c1. The van der Waals surface area contributed by atoms with Gasteiger partial charge in [-0.15, -0.1) is 11.3 Å². The van der Waals surface area contributed by atoms with Crippen molar-refractivity contribution < 1.29 is 19.1 Å². The number of carbonyl (C=O) groups excluding carboxylic acids is 2. The minimum absolute atomic E-state index is 0.294. The molecule has 27 heavy (non-hydrogen) atoms. The van der Waals surface area contributed by atoms with E-state index in [4.69, 9.17) is 21.1 Å². The molecule has 0 aliphatic carbocycles. The highest BCUT2D eigenvalue weighted by Crippen LogP contribution is 2.37.